The Balaban J connectivity index is 1.71. The summed E-state index contributed by atoms with van der Waals surface area (Å²) in [4.78, 5) is 14.9. The van der Waals surface area contributed by atoms with Crippen LogP contribution < -0.4 is 20.3 Å². The Bertz CT molecular complexity index is 890. The Morgan fingerprint density at radius 3 is 2.53 bits per heavy atom. The van der Waals surface area contributed by atoms with Crippen molar-refractivity contribution in [2.45, 2.75) is 26.2 Å². The zero-order valence-electron chi connectivity index (χ0n) is 18.0. The number of rotatable bonds is 6. The molecule has 0 bridgehead atoms. The number of halogens is 1. The van der Waals surface area contributed by atoms with Gasteiger partial charge in [0.25, 0.3) is 0 Å². The van der Waals surface area contributed by atoms with E-state index in [1.807, 2.05) is 36.4 Å². The number of nitrogens with zero attached hydrogens (tertiary/aromatic N) is 1. The van der Waals surface area contributed by atoms with Gasteiger partial charge in [0.1, 0.15) is 5.75 Å². The smallest absolute Gasteiger partial charge is 0.243 e. The van der Waals surface area contributed by atoms with Crippen molar-refractivity contribution in [3.63, 3.8) is 0 Å². The predicted octanol–water partition coefficient (Wildman–Crippen LogP) is 4.53. The molecule has 0 radical (unpaired) electrons. The molecule has 1 aliphatic rings. The molecule has 1 aliphatic heterocycles. The number of carbonyl (C=O) groups is 1. The summed E-state index contributed by atoms with van der Waals surface area (Å²) in [5, 5.41) is 6.82. The third-order valence-electron chi connectivity index (χ3n) is 5.09. The number of nitrogens with one attached hydrogen (secondary N) is 2. The average molecular weight is 432 g/mol. The number of methoxy groups -OCH3 is 1. The number of carbonyl (C=O) groups excluding carboxylic acids is 1. The normalized spacial score (nSPS) is 14.4. The van der Waals surface area contributed by atoms with E-state index in [1.54, 1.807) is 7.11 Å². The van der Waals surface area contributed by atoms with Crippen LogP contribution in [0.1, 0.15) is 26.3 Å². The number of anilines is 3. The second-order valence-corrected chi connectivity index (χ2v) is 8.76. The van der Waals surface area contributed by atoms with Crippen molar-refractivity contribution >= 4 is 34.6 Å². The van der Waals surface area contributed by atoms with E-state index in [0.29, 0.717) is 29.7 Å². The molecule has 1 heterocycles. The van der Waals surface area contributed by atoms with Crippen LogP contribution in [0.25, 0.3) is 0 Å². The highest BCUT2D eigenvalue weighted by Crippen LogP contribution is 2.32. The average Bonchev–Trinajstić information content (AvgIpc) is 2.72. The van der Waals surface area contributed by atoms with E-state index in [0.717, 1.165) is 30.0 Å². The van der Waals surface area contributed by atoms with Gasteiger partial charge in [-0.1, -0.05) is 38.4 Å². The van der Waals surface area contributed by atoms with E-state index in [9.17, 15) is 4.79 Å². The largest absolute Gasteiger partial charge is 0.495 e. The minimum atomic E-state index is -0.160. The number of ether oxygens (including phenoxy) is 2. The second-order valence-electron chi connectivity index (χ2n) is 8.33. The van der Waals surface area contributed by atoms with Gasteiger partial charge in [0.05, 0.1) is 43.9 Å². The van der Waals surface area contributed by atoms with E-state index in [-0.39, 0.29) is 17.9 Å². The van der Waals surface area contributed by atoms with E-state index >= 15 is 0 Å². The van der Waals surface area contributed by atoms with Gasteiger partial charge in [-0.05, 0) is 41.3 Å². The minimum Gasteiger partial charge on any atom is -0.495 e. The number of benzene rings is 2. The first-order valence-corrected chi connectivity index (χ1v) is 10.5. The third kappa shape index (κ3) is 5.58. The Morgan fingerprint density at radius 1 is 1.13 bits per heavy atom. The zero-order valence-corrected chi connectivity index (χ0v) is 18.8. The second kappa shape index (κ2) is 9.58. The zero-order chi connectivity index (χ0) is 21.7. The van der Waals surface area contributed by atoms with Crippen LogP contribution in [-0.2, 0) is 14.9 Å². The molecule has 0 aromatic heterocycles. The molecule has 0 spiro atoms. The molecular weight excluding hydrogens is 402 g/mol. The molecule has 30 heavy (non-hydrogen) atoms. The summed E-state index contributed by atoms with van der Waals surface area (Å²) in [7, 11) is 1.60. The summed E-state index contributed by atoms with van der Waals surface area (Å²) in [6.07, 6.45) is 0. The molecule has 7 heteroatoms. The predicted molar refractivity (Wildman–Crippen MR) is 123 cm³/mol. The molecule has 2 aromatic rings. The third-order valence-corrected chi connectivity index (χ3v) is 5.32. The highest BCUT2D eigenvalue weighted by atomic mass is 35.5. The Morgan fingerprint density at radius 2 is 1.87 bits per heavy atom. The van der Waals surface area contributed by atoms with E-state index in [2.05, 4.69) is 36.3 Å². The lowest BCUT2D eigenvalue weighted by molar-refractivity contribution is -0.114. The molecule has 0 unspecified atom stereocenters. The van der Waals surface area contributed by atoms with Crippen molar-refractivity contribution in [3.8, 4) is 5.75 Å². The summed E-state index contributed by atoms with van der Waals surface area (Å²) in [6.45, 7) is 9.49. The molecule has 162 valence electrons. The van der Waals surface area contributed by atoms with Crippen LogP contribution in [0.4, 0.5) is 17.1 Å². The van der Waals surface area contributed by atoms with Gasteiger partial charge in [0, 0.05) is 18.1 Å². The van der Waals surface area contributed by atoms with Crippen molar-refractivity contribution < 1.29 is 14.3 Å². The first-order valence-electron chi connectivity index (χ1n) is 10.1. The van der Waals surface area contributed by atoms with Gasteiger partial charge in [-0.15, -0.1) is 0 Å². The molecule has 1 saturated heterocycles. The van der Waals surface area contributed by atoms with Gasteiger partial charge in [-0.25, -0.2) is 0 Å². The highest BCUT2D eigenvalue weighted by Gasteiger charge is 2.18. The lowest BCUT2D eigenvalue weighted by atomic mass is 9.87. The maximum Gasteiger partial charge on any atom is 0.243 e. The van der Waals surface area contributed by atoms with Crippen molar-refractivity contribution in [2.75, 3.05) is 55.5 Å². The summed E-state index contributed by atoms with van der Waals surface area (Å²) < 4.78 is 10.9. The van der Waals surface area contributed by atoms with Crippen LogP contribution in [0.5, 0.6) is 5.75 Å². The monoisotopic (exact) mass is 431 g/mol. The standard InChI is InChI=1S/C23H30ClN3O3/c1-23(2,3)16-5-8-21(29-4)19(13-16)26-22(28)15-25-18-14-17(24)6-7-20(18)27-9-11-30-12-10-27/h5-8,13-14,25H,9-12,15H2,1-4H3,(H,26,28). The van der Waals surface area contributed by atoms with E-state index < -0.39 is 0 Å². The van der Waals surface area contributed by atoms with Gasteiger partial charge >= 0.3 is 0 Å². The van der Waals surface area contributed by atoms with Crippen LogP contribution in [0.3, 0.4) is 0 Å². The van der Waals surface area contributed by atoms with E-state index in [4.69, 9.17) is 21.1 Å². The highest BCUT2D eigenvalue weighted by molar-refractivity contribution is 6.31. The minimum absolute atomic E-state index is 0.0299. The fourth-order valence-corrected chi connectivity index (χ4v) is 3.54. The van der Waals surface area contributed by atoms with Crippen molar-refractivity contribution in [2.24, 2.45) is 0 Å². The summed E-state index contributed by atoms with van der Waals surface area (Å²) in [6, 6.07) is 11.6. The van der Waals surface area contributed by atoms with Crippen LogP contribution in [0.15, 0.2) is 36.4 Å². The first kappa shape index (κ1) is 22.2. The summed E-state index contributed by atoms with van der Waals surface area (Å²) in [5.41, 5.74) is 3.60. The SMILES string of the molecule is COc1ccc(C(C)(C)C)cc1NC(=O)CNc1cc(Cl)ccc1N1CCOCC1. The van der Waals surface area contributed by atoms with Crippen LogP contribution >= 0.6 is 11.6 Å². The fourth-order valence-electron chi connectivity index (χ4n) is 3.37. The van der Waals surface area contributed by atoms with Gasteiger partial charge in [0.15, 0.2) is 0 Å². The van der Waals surface area contributed by atoms with Crippen LogP contribution in [-0.4, -0.2) is 45.9 Å². The van der Waals surface area contributed by atoms with Crippen molar-refractivity contribution in [3.05, 3.63) is 47.0 Å². The fraction of sp³-hybridized carbons (Fsp3) is 0.435. The van der Waals surface area contributed by atoms with E-state index in [1.165, 1.54) is 0 Å². The molecular formula is C23H30ClN3O3. The molecule has 0 aliphatic carbocycles. The molecule has 0 atom stereocenters. The van der Waals surface area contributed by atoms with Crippen molar-refractivity contribution in [1.29, 1.82) is 0 Å². The maximum atomic E-state index is 12.7. The Labute approximate surface area is 183 Å². The number of hydrogen-bond acceptors (Lipinski definition) is 5. The molecule has 3 rings (SSSR count). The Kier molecular flexibility index (Phi) is 7.10. The van der Waals surface area contributed by atoms with Gasteiger partial charge in [0.2, 0.25) is 5.91 Å². The number of amides is 1. The Hall–Kier alpha value is -2.44. The number of morpholine rings is 1. The number of hydrogen-bond donors (Lipinski definition) is 2. The van der Waals surface area contributed by atoms with Gasteiger partial charge in [-0.2, -0.15) is 0 Å². The molecule has 1 amide bonds. The lowest BCUT2D eigenvalue weighted by Gasteiger charge is -2.30. The van der Waals surface area contributed by atoms with Crippen molar-refractivity contribution in [1.82, 2.24) is 0 Å². The summed E-state index contributed by atoms with van der Waals surface area (Å²) in [5.74, 6) is 0.473. The van der Waals surface area contributed by atoms with Crippen LogP contribution in [0.2, 0.25) is 5.02 Å². The van der Waals surface area contributed by atoms with Gasteiger partial charge in [-0.3, -0.25) is 4.79 Å². The molecule has 2 N–H and O–H groups in total. The summed E-state index contributed by atoms with van der Waals surface area (Å²) >= 11 is 6.20. The molecule has 1 fully saturated rings. The van der Waals surface area contributed by atoms with Crippen LogP contribution in [0, 0.1) is 0 Å². The quantitative estimate of drug-likeness (QED) is 0.703. The first-order chi connectivity index (χ1) is 14.3. The van der Waals surface area contributed by atoms with Gasteiger partial charge < -0.3 is 25.0 Å². The molecule has 0 saturated carbocycles. The lowest BCUT2D eigenvalue weighted by Crippen LogP contribution is -2.36. The molecule has 6 nitrogen and oxygen atoms in total. The maximum absolute atomic E-state index is 12.7. The topological polar surface area (TPSA) is 62.8 Å². The molecule has 2 aromatic carbocycles.